The maximum absolute atomic E-state index is 11.5. The summed E-state index contributed by atoms with van der Waals surface area (Å²) in [5.41, 5.74) is 0. The van der Waals surface area contributed by atoms with E-state index in [0.29, 0.717) is 0 Å². The monoisotopic (exact) mass is 372 g/mol. The van der Waals surface area contributed by atoms with E-state index < -0.39 is 12.0 Å². The molecule has 0 saturated carbocycles. The molecule has 0 spiro atoms. The van der Waals surface area contributed by atoms with E-state index >= 15 is 0 Å². The van der Waals surface area contributed by atoms with Gasteiger partial charge in [-0.25, -0.2) is 5.32 Å². The summed E-state index contributed by atoms with van der Waals surface area (Å²) in [6.45, 7) is 4.16. The first-order valence-corrected chi connectivity index (χ1v) is 10.8. The quantitative estimate of drug-likeness (QED) is 0.336. The predicted octanol–water partition coefficient (Wildman–Crippen LogP) is 3.97. The first-order chi connectivity index (χ1) is 12.7. The molecule has 0 aromatic heterocycles. The summed E-state index contributed by atoms with van der Waals surface area (Å²) in [6, 6.07) is 0. The number of ether oxygens (including phenoxy) is 1. The molecule has 2 unspecified atom stereocenters. The largest absolute Gasteiger partial charge is 0.394 e. The van der Waals surface area contributed by atoms with Crippen molar-refractivity contribution in [2.45, 2.75) is 110 Å². The Balaban J connectivity index is 3.54. The zero-order valence-corrected chi connectivity index (χ0v) is 17.1. The predicted molar refractivity (Wildman–Crippen MR) is 106 cm³/mol. The second-order valence-corrected chi connectivity index (χ2v) is 7.15. The van der Waals surface area contributed by atoms with E-state index in [0.717, 1.165) is 19.3 Å². The van der Waals surface area contributed by atoms with E-state index in [4.69, 9.17) is 9.84 Å². The lowest BCUT2D eigenvalue weighted by Gasteiger charge is -2.18. The first-order valence-electron chi connectivity index (χ1n) is 10.8. The molecule has 0 saturated heterocycles. The molecule has 1 amide bonds. The van der Waals surface area contributed by atoms with Crippen molar-refractivity contribution in [1.82, 2.24) is 5.32 Å². The van der Waals surface area contributed by atoms with E-state index in [1.807, 2.05) is 0 Å². The van der Waals surface area contributed by atoms with Crippen molar-refractivity contribution >= 4 is 5.91 Å². The molecule has 155 valence electrons. The smallest absolute Gasteiger partial charge is 0.272 e. The Morgan fingerprint density at radius 3 is 1.96 bits per heavy atom. The molecule has 0 heterocycles. The SMILES string of the molecule is CCCCCCCCCCCCCC(CC)OCC(O)C(=O)[N]CCO. The van der Waals surface area contributed by atoms with Crippen molar-refractivity contribution in [2.24, 2.45) is 0 Å². The van der Waals surface area contributed by atoms with Gasteiger partial charge in [-0.15, -0.1) is 0 Å². The van der Waals surface area contributed by atoms with Crippen LogP contribution in [-0.2, 0) is 9.53 Å². The van der Waals surface area contributed by atoms with Crippen LogP contribution in [0.4, 0.5) is 0 Å². The van der Waals surface area contributed by atoms with Gasteiger partial charge >= 0.3 is 0 Å². The Hall–Kier alpha value is -0.650. The van der Waals surface area contributed by atoms with Crippen LogP contribution in [0.3, 0.4) is 0 Å². The third-order valence-corrected chi connectivity index (χ3v) is 4.73. The van der Waals surface area contributed by atoms with Gasteiger partial charge in [-0.3, -0.25) is 4.79 Å². The second-order valence-electron chi connectivity index (χ2n) is 7.15. The van der Waals surface area contributed by atoms with Crippen LogP contribution < -0.4 is 5.32 Å². The summed E-state index contributed by atoms with van der Waals surface area (Å²) in [4.78, 5) is 11.5. The molecule has 0 aliphatic carbocycles. The van der Waals surface area contributed by atoms with Gasteiger partial charge in [0.25, 0.3) is 5.91 Å². The third-order valence-electron chi connectivity index (χ3n) is 4.73. The van der Waals surface area contributed by atoms with E-state index in [1.54, 1.807) is 0 Å². The summed E-state index contributed by atoms with van der Waals surface area (Å²) in [5.74, 6) is -0.608. The first kappa shape index (κ1) is 25.4. The second kappa shape index (κ2) is 19.1. The fourth-order valence-corrected chi connectivity index (χ4v) is 3.01. The van der Waals surface area contributed by atoms with Crippen molar-refractivity contribution in [2.75, 3.05) is 19.8 Å². The lowest BCUT2D eigenvalue weighted by Crippen LogP contribution is -2.35. The molecule has 0 aliphatic heterocycles. The number of aliphatic hydroxyl groups excluding tert-OH is 2. The van der Waals surface area contributed by atoms with Crippen molar-refractivity contribution in [3.05, 3.63) is 0 Å². The number of nitrogens with zero attached hydrogens (tertiary/aromatic N) is 1. The summed E-state index contributed by atoms with van der Waals surface area (Å²) < 4.78 is 5.65. The molecule has 2 N–H and O–H groups in total. The molecule has 0 aliphatic rings. The lowest BCUT2D eigenvalue weighted by molar-refractivity contribution is -0.134. The molecule has 5 heteroatoms. The minimum atomic E-state index is -1.21. The molecule has 0 aromatic carbocycles. The summed E-state index contributed by atoms with van der Waals surface area (Å²) in [7, 11) is 0. The molecule has 0 aromatic rings. The van der Waals surface area contributed by atoms with Gasteiger partial charge in [0.1, 0.15) is 0 Å². The normalized spacial score (nSPS) is 13.5. The Kier molecular flexibility index (Phi) is 18.6. The van der Waals surface area contributed by atoms with Crippen LogP contribution in [0.5, 0.6) is 0 Å². The molecule has 26 heavy (non-hydrogen) atoms. The van der Waals surface area contributed by atoms with Gasteiger partial charge in [-0.05, 0) is 12.8 Å². The highest BCUT2D eigenvalue weighted by Crippen LogP contribution is 2.14. The van der Waals surface area contributed by atoms with Gasteiger partial charge in [-0.2, -0.15) is 0 Å². The highest BCUT2D eigenvalue weighted by atomic mass is 16.5. The molecule has 5 nitrogen and oxygen atoms in total. The van der Waals surface area contributed by atoms with Gasteiger partial charge in [0.2, 0.25) is 0 Å². The van der Waals surface area contributed by atoms with Gasteiger partial charge < -0.3 is 14.9 Å². The molecule has 2 atom stereocenters. The summed E-state index contributed by atoms with van der Waals surface area (Å²) in [5, 5.41) is 21.9. The molecular weight excluding hydrogens is 330 g/mol. The van der Waals surface area contributed by atoms with Crippen molar-refractivity contribution in [3.63, 3.8) is 0 Å². The minimum Gasteiger partial charge on any atom is -0.394 e. The zero-order chi connectivity index (χ0) is 19.5. The fraction of sp³-hybridized carbons (Fsp3) is 0.952. The standard InChI is InChI=1S/C21H42NO4/c1-3-5-6-7-8-9-10-11-12-13-14-15-19(4-2)26-18-20(24)21(25)22-16-17-23/h19-20,23-24H,3-18H2,1-2H3. The third kappa shape index (κ3) is 15.6. The van der Waals surface area contributed by atoms with Gasteiger partial charge in [0, 0.05) is 0 Å². The van der Waals surface area contributed by atoms with Crippen LogP contribution in [0.2, 0.25) is 0 Å². The van der Waals surface area contributed by atoms with E-state index in [-0.39, 0.29) is 25.9 Å². The Bertz CT molecular complexity index is 312. The minimum absolute atomic E-state index is 0.00962. The van der Waals surface area contributed by atoms with Crippen LogP contribution in [0, 0.1) is 0 Å². The molecule has 0 rings (SSSR count). The fourth-order valence-electron chi connectivity index (χ4n) is 3.01. The van der Waals surface area contributed by atoms with Crippen LogP contribution in [0.1, 0.15) is 97.3 Å². The number of rotatable bonds is 19. The van der Waals surface area contributed by atoms with Crippen LogP contribution >= 0.6 is 0 Å². The number of amides is 1. The van der Waals surface area contributed by atoms with Gasteiger partial charge in [-0.1, -0.05) is 84.5 Å². The molecule has 0 fully saturated rings. The van der Waals surface area contributed by atoms with Crippen molar-refractivity contribution in [3.8, 4) is 0 Å². The number of carbonyl (C=O) groups is 1. The number of hydrogen-bond acceptors (Lipinski definition) is 4. The maximum Gasteiger partial charge on any atom is 0.272 e. The highest BCUT2D eigenvalue weighted by Gasteiger charge is 2.18. The summed E-state index contributed by atoms with van der Waals surface area (Å²) in [6.07, 6.45) is 15.3. The van der Waals surface area contributed by atoms with Crippen LogP contribution in [0.15, 0.2) is 0 Å². The summed E-state index contributed by atoms with van der Waals surface area (Å²) >= 11 is 0. The number of aliphatic hydroxyl groups is 2. The topological polar surface area (TPSA) is 80.9 Å². The lowest BCUT2D eigenvalue weighted by atomic mass is 10.0. The Morgan fingerprint density at radius 1 is 0.923 bits per heavy atom. The van der Waals surface area contributed by atoms with Crippen molar-refractivity contribution in [1.29, 1.82) is 0 Å². The number of hydrogen-bond donors (Lipinski definition) is 2. The van der Waals surface area contributed by atoms with Gasteiger partial charge in [0.15, 0.2) is 6.10 Å². The molecule has 0 bridgehead atoms. The van der Waals surface area contributed by atoms with E-state index in [2.05, 4.69) is 19.2 Å². The molecule has 1 radical (unpaired) electrons. The average molecular weight is 373 g/mol. The van der Waals surface area contributed by atoms with Crippen LogP contribution in [0.25, 0.3) is 0 Å². The van der Waals surface area contributed by atoms with E-state index in [9.17, 15) is 9.90 Å². The Labute approximate surface area is 160 Å². The van der Waals surface area contributed by atoms with Crippen LogP contribution in [-0.4, -0.2) is 48.1 Å². The Morgan fingerprint density at radius 2 is 1.46 bits per heavy atom. The van der Waals surface area contributed by atoms with E-state index in [1.165, 1.54) is 64.2 Å². The number of carbonyl (C=O) groups excluding carboxylic acids is 1. The zero-order valence-electron chi connectivity index (χ0n) is 17.1. The number of unbranched alkanes of at least 4 members (excludes halogenated alkanes) is 10. The molecular formula is C21H42NO4. The average Bonchev–Trinajstić information content (AvgIpc) is 2.66. The van der Waals surface area contributed by atoms with Gasteiger partial charge in [0.05, 0.1) is 25.9 Å². The van der Waals surface area contributed by atoms with Crippen molar-refractivity contribution < 1.29 is 19.7 Å². The maximum atomic E-state index is 11.5. The highest BCUT2D eigenvalue weighted by molar-refractivity contribution is 5.80.